The molecule has 0 saturated carbocycles. The molecule has 2 heterocycles. The Labute approximate surface area is 102 Å². The van der Waals surface area contributed by atoms with Crippen LogP contribution in [0.5, 0.6) is 0 Å². The zero-order valence-corrected chi connectivity index (χ0v) is 10.3. The highest BCUT2D eigenvalue weighted by atomic mass is 16.3. The van der Waals surface area contributed by atoms with Gasteiger partial charge in [0.25, 0.3) is 5.56 Å². The topological polar surface area (TPSA) is 104 Å². The number of rotatable bonds is 3. The average Bonchev–Trinajstić information content (AvgIpc) is 2.62. The van der Waals surface area contributed by atoms with Crippen LogP contribution in [0.2, 0.25) is 0 Å². The van der Waals surface area contributed by atoms with Gasteiger partial charge in [-0.2, -0.15) is 0 Å². The van der Waals surface area contributed by atoms with Gasteiger partial charge < -0.3 is 9.73 Å². The molecule has 2 aromatic heterocycles. The number of aromatic nitrogens is 3. The lowest BCUT2D eigenvalue weighted by Crippen LogP contribution is -2.27. The first-order chi connectivity index (χ1) is 8.47. The van der Waals surface area contributed by atoms with Crippen molar-refractivity contribution >= 4 is 5.82 Å². The number of furan rings is 1. The van der Waals surface area contributed by atoms with Crippen molar-refractivity contribution in [2.45, 2.75) is 26.8 Å². The third kappa shape index (κ3) is 2.34. The summed E-state index contributed by atoms with van der Waals surface area (Å²) in [4.78, 5) is 24.4. The number of hydrogen-bond donors (Lipinski definition) is 3. The lowest BCUT2D eigenvalue weighted by Gasteiger charge is -2.12. The van der Waals surface area contributed by atoms with E-state index in [1.54, 1.807) is 0 Å². The molecule has 1 unspecified atom stereocenters. The number of aromatic amines is 2. The monoisotopic (exact) mass is 250 g/mol. The third-order valence-corrected chi connectivity index (χ3v) is 2.61. The molecule has 7 heteroatoms. The van der Waals surface area contributed by atoms with E-state index >= 15 is 0 Å². The van der Waals surface area contributed by atoms with Gasteiger partial charge in [-0.15, -0.1) is 5.10 Å². The van der Waals surface area contributed by atoms with Crippen molar-refractivity contribution in [2.75, 3.05) is 5.32 Å². The Kier molecular flexibility index (Phi) is 3.05. The van der Waals surface area contributed by atoms with Gasteiger partial charge in [0.05, 0.1) is 6.04 Å². The van der Waals surface area contributed by atoms with Crippen LogP contribution in [0, 0.1) is 13.8 Å². The molecule has 18 heavy (non-hydrogen) atoms. The summed E-state index contributed by atoms with van der Waals surface area (Å²) >= 11 is 0. The van der Waals surface area contributed by atoms with E-state index < -0.39 is 11.2 Å². The van der Waals surface area contributed by atoms with Gasteiger partial charge in [-0.1, -0.05) is 0 Å². The summed E-state index contributed by atoms with van der Waals surface area (Å²) in [6, 6.07) is 1.74. The molecule has 0 amide bonds. The fourth-order valence-electron chi connectivity index (χ4n) is 1.81. The van der Waals surface area contributed by atoms with E-state index in [0.29, 0.717) is 0 Å². The Balaban J connectivity index is 2.26. The van der Waals surface area contributed by atoms with E-state index in [9.17, 15) is 9.59 Å². The van der Waals surface area contributed by atoms with Crippen LogP contribution in [0.4, 0.5) is 5.82 Å². The van der Waals surface area contributed by atoms with Crippen molar-refractivity contribution in [3.63, 3.8) is 0 Å². The third-order valence-electron chi connectivity index (χ3n) is 2.61. The second kappa shape index (κ2) is 4.52. The molecule has 0 fully saturated rings. The van der Waals surface area contributed by atoms with E-state index in [2.05, 4.69) is 20.5 Å². The van der Waals surface area contributed by atoms with Crippen LogP contribution in [0.25, 0.3) is 0 Å². The van der Waals surface area contributed by atoms with Gasteiger partial charge in [0.2, 0.25) is 5.82 Å². The Morgan fingerprint density at radius 1 is 1.39 bits per heavy atom. The van der Waals surface area contributed by atoms with E-state index in [-0.39, 0.29) is 11.9 Å². The van der Waals surface area contributed by atoms with Crippen molar-refractivity contribution in [1.29, 1.82) is 0 Å². The Bertz CT molecular complexity index is 667. The number of nitrogens with one attached hydrogen (secondary N) is 3. The zero-order chi connectivity index (χ0) is 13.3. The number of nitrogens with zero attached hydrogens (tertiary/aromatic N) is 1. The Hall–Kier alpha value is -2.31. The fourth-order valence-corrected chi connectivity index (χ4v) is 1.81. The quantitative estimate of drug-likeness (QED) is 0.748. The minimum absolute atomic E-state index is 0.0698. The van der Waals surface area contributed by atoms with Crippen LogP contribution in [0.15, 0.2) is 20.1 Å². The Morgan fingerprint density at radius 3 is 2.67 bits per heavy atom. The smallest absolute Gasteiger partial charge is 0.342 e. The van der Waals surface area contributed by atoms with Crippen LogP contribution >= 0.6 is 0 Å². The minimum atomic E-state index is -0.631. The van der Waals surface area contributed by atoms with Crippen LogP contribution < -0.4 is 16.6 Å². The first kappa shape index (κ1) is 12.2. The molecule has 0 radical (unpaired) electrons. The number of hydrogen-bond acceptors (Lipinski definition) is 5. The predicted octanol–water partition coefficient (Wildman–Crippen LogP) is 0.841. The van der Waals surface area contributed by atoms with Gasteiger partial charge in [-0.25, -0.2) is 9.89 Å². The molecule has 0 saturated heterocycles. The standard InChI is InChI=1S/C11H14N4O3/c1-5-4-8(7(3)18-5)6(2)12-9-10(16)13-11(17)15-14-9/h4,6H,1-3H3,(H,12,14)(H2,13,15,16,17). The molecule has 7 nitrogen and oxygen atoms in total. The highest BCUT2D eigenvalue weighted by Crippen LogP contribution is 2.22. The van der Waals surface area contributed by atoms with Crippen molar-refractivity contribution in [1.82, 2.24) is 15.2 Å². The first-order valence-corrected chi connectivity index (χ1v) is 5.50. The summed E-state index contributed by atoms with van der Waals surface area (Å²) < 4.78 is 5.42. The van der Waals surface area contributed by atoms with Crippen LogP contribution in [0.1, 0.15) is 30.0 Å². The SMILES string of the molecule is Cc1cc(C(C)Nc2n[nH]c(=O)[nH]c2=O)c(C)o1. The van der Waals surface area contributed by atoms with Gasteiger partial charge in [-0.3, -0.25) is 9.78 Å². The van der Waals surface area contributed by atoms with Gasteiger partial charge in [0, 0.05) is 5.56 Å². The molecular weight excluding hydrogens is 236 g/mol. The number of anilines is 1. The van der Waals surface area contributed by atoms with E-state index in [1.165, 1.54) is 0 Å². The molecular formula is C11H14N4O3. The van der Waals surface area contributed by atoms with Gasteiger partial charge >= 0.3 is 5.69 Å². The summed E-state index contributed by atoms with van der Waals surface area (Å²) in [5.41, 5.74) is -0.239. The zero-order valence-electron chi connectivity index (χ0n) is 10.3. The van der Waals surface area contributed by atoms with E-state index in [0.717, 1.165) is 17.1 Å². The molecule has 0 aliphatic rings. The van der Waals surface area contributed by atoms with E-state index in [1.807, 2.05) is 26.8 Å². The lowest BCUT2D eigenvalue weighted by atomic mass is 10.1. The fraction of sp³-hybridized carbons (Fsp3) is 0.364. The molecule has 1 atom stereocenters. The molecule has 0 aliphatic carbocycles. The summed E-state index contributed by atoms with van der Waals surface area (Å²) in [7, 11) is 0. The normalized spacial score (nSPS) is 12.4. The first-order valence-electron chi connectivity index (χ1n) is 5.50. The molecule has 0 aliphatic heterocycles. The molecule has 0 spiro atoms. The predicted molar refractivity (Wildman–Crippen MR) is 65.7 cm³/mol. The second-order valence-electron chi connectivity index (χ2n) is 4.09. The van der Waals surface area contributed by atoms with Crippen molar-refractivity contribution in [3.8, 4) is 0 Å². The second-order valence-corrected chi connectivity index (χ2v) is 4.09. The molecule has 0 bridgehead atoms. The van der Waals surface area contributed by atoms with Crippen LogP contribution in [-0.2, 0) is 0 Å². The number of H-pyrrole nitrogens is 2. The molecule has 3 N–H and O–H groups in total. The van der Waals surface area contributed by atoms with E-state index in [4.69, 9.17) is 4.42 Å². The van der Waals surface area contributed by atoms with Crippen molar-refractivity contribution in [3.05, 3.63) is 44.0 Å². The summed E-state index contributed by atoms with van der Waals surface area (Å²) in [5, 5.41) is 8.75. The lowest BCUT2D eigenvalue weighted by molar-refractivity contribution is 0.499. The van der Waals surface area contributed by atoms with Gasteiger partial charge in [0.1, 0.15) is 11.5 Å². The van der Waals surface area contributed by atoms with Crippen molar-refractivity contribution in [2.24, 2.45) is 0 Å². The number of aryl methyl sites for hydroxylation is 2. The summed E-state index contributed by atoms with van der Waals surface area (Å²) in [6.07, 6.45) is 0. The highest BCUT2D eigenvalue weighted by molar-refractivity contribution is 5.36. The molecule has 96 valence electrons. The highest BCUT2D eigenvalue weighted by Gasteiger charge is 2.14. The van der Waals surface area contributed by atoms with Crippen LogP contribution in [-0.4, -0.2) is 15.2 Å². The van der Waals surface area contributed by atoms with Gasteiger partial charge in [-0.05, 0) is 26.8 Å². The minimum Gasteiger partial charge on any atom is -0.466 e. The molecule has 2 rings (SSSR count). The maximum Gasteiger partial charge on any atom is 0.342 e. The molecule has 2 aromatic rings. The maximum atomic E-state index is 11.5. The summed E-state index contributed by atoms with van der Waals surface area (Å²) in [6.45, 7) is 5.59. The summed E-state index contributed by atoms with van der Waals surface area (Å²) in [5.74, 6) is 1.66. The molecule has 0 aromatic carbocycles. The van der Waals surface area contributed by atoms with Crippen molar-refractivity contribution < 1.29 is 4.42 Å². The Morgan fingerprint density at radius 2 is 2.11 bits per heavy atom. The largest absolute Gasteiger partial charge is 0.466 e. The maximum absolute atomic E-state index is 11.5. The average molecular weight is 250 g/mol. The van der Waals surface area contributed by atoms with Gasteiger partial charge in [0.15, 0.2) is 0 Å². The van der Waals surface area contributed by atoms with Crippen LogP contribution in [0.3, 0.4) is 0 Å².